The normalized spacial score (nSPS) is 18.1. The highest BCUT2D eigenvalue weighted by atomic mass is 16.2. The molecule has 6 nitrogen and oxygen atoms in total. The van der Waals surface area contributed by atoms with Crippen molar-refractivity contribution in [2.45, 2.75) is 6.42 Å². The van der Waals surface area contributed by atoms with Gasteiger partial charge in [0.1, 0.15) is 0 Å². The van der Waals surface area contributed by atoms with Gasteiger partial charge in [-0.25, -0.2) is 10.6 Å². The molecule has 1 heterocycles. The second-order valence-electron chi connectivity index (χ2n) is 2.54. The van der Waals surface area contributed by atoms with Gasteiger partial charge in [0.2, 0.25) is 5.91 Å². The Hall–Kier alpha value is -1.30. The molecule has 0 bridgehead atoms. The van der Waals surface area contributed by atoms with Crippen LogP contribution in [0.5, 0.6) is 0 Å². The summed E-state index contributed by atoms with van der Waals surface area (Å²) < 4.78 is 0. The van der Waals surface area contributed by atoms with Gasteiger partial charge in [-0.2, -0.15) is 0 Å². The largest absolute Gasteiger partial charge is 0.354 e. The molecule has 0 aromatic rings. The average molecular weight is 172 g/mol. The van der Waals surface area contributed by atoms with Crippen LogP contribution in [-0.4, -0.2) is 36.5 Å². The van der Waals surface area contributed by atoms with Gasteiger partial charge in [0.25, 0.3) is 0 Å². The molecule has 1 rings (SSSR count). The van der Waals surface area contributed by atoms with E-state index < -0.39 is 0 Å². The van der Waals surface area contributed by atoms with Gasteiger partial charge in [0.05, 0.1) is 0 Å². The van der Waals surface area contributed by atoms with Gasteiger partial charge in [0, 0.05) is 26.1 Å². The monoisotopic (exact) mass is 172 g/mol. The first-order chi connectivity index (χ1) is 5.74. The minimum Gasteiger partial charge on any atom is -0.354 e. The molecule has 0 atom stereocenters. The standard InChI is InChI=1S/C6H12N4O2/c7-9-6(12)10-3-1-5(11)8-2-4-10/h1-4,7H2,(H,8,11)(H,9,12). The zero-order chi connectivity index (χ0) is 8.97. The van der Waals surface area contributed by atoms with Crippen molar-refractivity contribution >= 4 is 11.9 Å². The first-order valence-electron chi connectivity index (χ1n) is 3.76. The summed E-state index contributed by atoms with van der Waals surface area (Å²) in [5, 5.41) is 2.65. The number of hydrazine groups is 1. The Morgan fingerprint density at radius 3 is 3.00 bits per heavy atom. The van der Waals surface area contributed by atoms with Crippen molar-refractivity contribution in [2.75, 3.05) is 19.6 Å². The van der Waals surface area contributed by atoms with E-state index in [2.05, 4.69) is 5.32 Å². The van der Waals surface area contributed by atoms with Crippen molar-refractivity contribution in [1.29, 1.82) is 0 Å². The van der Waals surface area contributed by atoms with E-state index in [1.807, 2.05) is 5.43 Å². The van der Waals surface area contributed by atoms with E-state index >= 15 is 0 Å². The number of urea groups is 1. The second kappa shape index (κ2) is 3.91. The minimum absolute atomic E-state index is 0.0256. The number of hydrogen-bond acceptors (Lipinski definition) is 3. The zero-order valence-electron chi connectivity index (χ0n) is 6.67. The SMILES string of the molecule is NNC(=O)N1CCNC(=O)CC1. The molecule has 0 aromatic heterocycles. The Morgan fingerprint density at radius 2 is 2.33 bits per heavy atom. The Bertz CT molecular complexity index is 194. The molecule has 0 spiro atoms. The van der Waals surface area contributed by atoms with E-state index in [1.54, 1.807) is 0 Å². The van der Waals surface area contributed by atoms with Crippen LogP contribution in [0.2, 0.25) is 0 Å². The van der Waals surface area contributed by atoms with E-state index in [1.165, 1.54) is 4.90 Å². The summed E-state index contributed by atoms with van der Waals surface area (Å²) in [6, 6.07) is -0.341. The van der Waals surface area contributed by atoms with Crippen molar-refractivity contribution in [3.63, 3.8) is 0 Å². The summed E-state index contributed by atoms with van der Waals surface area (Å²) in [6.45, 7) is 1.43. The molecule has 68 valence electrons. The van der Waals surface area contributed by atoms with Gasteiger partial charge < -0.3 is 10.2 Å². The molecule has 1 saturated heterocycles. The van der Waals surface area contributed by atoms with Gasteiger partial charge in [-0.15, -0.1) is 0 Å². The van der Waals surface area contributed by atoms with Gasteiger partial charge in [0.15, 0.2) is 0 Å². The molecule has 12 heavy (non-hydrogen) atoms. The molecule has 0 aliphatic carbocycles. The van der Waals surface area contributed by atoms with Crippen molar-refractivity contribution in [3.05, 3.63) is 0 Å². The summed E-state index contributed by atoms with van der Waals surface area (Å²) in [7, 11) is 0. The van der Waals surface area contributed by atoms with Crippen LogP contribution < -0.4 is 16.6 Å². The molecule has 0 radical (unpaired) electrons. The number of hydrogen-bond donors (Lipinski definition) is 3. The summed E-state index contributed by atoms with van der Waals surface area (Å²) in [5.41, 5.74) is 2.03. The highest BCUT2D eigenvalue weighted by Crippen LogP contribution is 1.95. The van der Waals surface area contributed by atoms with Crippen molar-refractivity contribution in [3.8, 4) is 0 Å². The zero-order valence-corrected chi connectivity index (χ0v) is 6.67. The fourth-order valence-electron chi connectivity index (χ4n) is 1.06. The maximum absolute atomic E-state index is 11.0. The number of carbonyl (C=O) groups excluding carboxylic acids is 2. The smallest absolute Gasteiger partial charge is 0.331 e. The first kappa shape index (κ1) is 8.79. The lowest BCUT2D eigenvalue weighted by Crippen LogP contribution is -2.44. The molecule has 0 aromatic carbocycles. The van der Waals surface area contributed by atoms with E-state index in [0.717, 1.165) is 0 Å². The van der Waals surface area contributed by atoms with Crippen LogP contribution in [0, 0.1) is 0 Å². The number of carbonyl (C=O) groups is 2. The third-order valence-corrected chi connectivity index (χ3v) is 1.72. The van der Waals surface area contributed by atoms with Crippen molar-refractivity contribution < 1.29 is 9.59 Å². The quantitative estimate of drug-likeness (QED) is 0.233. The maximum atomic E-state index is 11.0. The Kier molecular flexibility index (Phi) is 2.87. The van der Waals surface area contributed by atoms with Crippen LogP contribution in [0.3, 0.4) is 0 Å². The molecule has 3 amide bonds. The summed E-state index contributed by atoms with van der Waals surface area (Å²) in [6.07, 6.45) is 0.341. The lowest BCUT2D eigenvalue weighted by Gasteiger charge is -2.17. The highest BCUT2D eigenvalue weighted by Gasteiger charge is 2.16. The number of amides is 3. The first-order valence-corrected chi connectivity index (χ1v) is 3.76. The molecule has 1 aliphatic heterocycles. The molecule has 0 unspecified atom stereocenters. The molecule has 0 saturated carbocycles. The van der Waals surface area contributed by atoms with Crippen LogP contribution in [0.1, 0.15) is 6.42 Å². The van der Waals surface area contributed by atoms with E-state index in [-0.39, 0.29) is 11.9 Å². The molecular formula is C6H12N4O2. The predicted molar refractivity (Wildman–Crippen MR) is 41.9 cm³/mol. The van der Waals surface area contributed by atoms with Gasteiger partial charge >= 0.3 is 6.03 Å². The third kappa shape index (κ3) is 2.09. The lowest BCUT2D eigenvalue weighted by atomic mass is 10.4. The summed E-state index contributed by atoms with van der Waals surface area (Å²) >= 11 is 0. The van der Waals surface area contributed by atoms with Gasteiger partial charge in [-0.3, -0.25) is 10.2 Å². The van der Waals surface area contributed by atoms with Gasteiger partial charge in [-0.05, 0) is 0 Å². The fourth-order valence-corrected chi connectivity index (χ4v) is 1.06. The Balaban J connectivity index is 2.45. The minimum atomic E-state index is -0.341. The molecule has 4 N–H and O–H groups in total. The third-order valence-electron chi connectivity index (χ3n) is 1.72. The lowest BCUT2D eigenvalue weighted by molar-refractivity contribution is -0.120. The maximum Gasteiger partial charge on any atom is 0.331 e. The topological polar surface area (TPSA) is 87.5 Å². The van der Waals surface area contributed by atoms with E-state index in [4.69, 9.17) is 5.84 Å². The van der Waals surface area contributed by atoms with Gasteiger partial charge in [-0.1, -0.05) is 0 Å². The molecular weight excluding hydrogens is 160 g/mol. The number of rotatable bonds is 0. The highest BCUT2D eigenvalue weighted by molar-refractivity contribution is 5.79. The fraction of sp³-hybridized carbons (Fsp3) is 0.667. The molecule has 6 heteroatoms. The van der Waals surface area contributed by atoms with Crippen LogP contribution >= 0.6 is 0 Å². The predicted octanol–water partition coefficient (Wildman–Crippen LogP) is -1.61. The van der Waals surface area contributed by atoms with Crippen molar-refractivity contribution in [1.82, 2.24) is 15.6 Å². The van der Waals surface area contributed by atoms with Crippen LogP contribution in [0.15, 0.2) is 0 Å². The van der Waals surface area contributed by atoms with Crippen LogP contribution in [0.4, 0.5) is 4.79 Å². The number of nitrogens with two attached hydrogens (primary N) is 1. The molecule has 1 aliphatic rings. The van der Waals surface area contributed by atoms with E-state index in [9.17, 15) is 9.59 Å². The van der Waals surface area contributed by atoms with Crippen LogP contribution in [0.25, 0.3) is 0 Å². The number of nitrogens with zero attached hydrogens (tertiary/aromatic N) is 1. The summed E-state index contributed by atoms with van der Waals surface area (Å²) in [4.78, 5) is 23.3. The average Bonchev–Trinajstić information content (AvgIpc) is 2.29. The summed E-state index contributed by atoms with van der Waals surface area (Å²) in [5.74, 6) is 4.92. The van der Waals surface area contributed by atoms with Crippen LogP contribution in [-0.2, 0) is 4.79 Å². The second-order valence-corrected chi connectivity index (χ2v) is 2.54. The Labute approximate surface area is 70.1 Å². The van der Waals surface area contributed by atoms with E-state index in [0.29, 0.717) is 26.1 Å². The number of nitrogens with one attached hydrogen (secondary N) is 2. The van der Waals surface area contributed by atoms with Crippen molar-refractivity contribution in [2.24, 2.45) is 5.84 Å². The Morgan fingerprint density at radius 1 is 1.58 bits per heavy atom. The molecule has 1 fully saturated rings.